The molecule has 100 valence electrons. The minimum Gasteiger partial charge on any atom is -0.390 e. The van der Waals surface area contributed by atoms with Crippen LogP contribution in [0.5, 0.6) is 0 Å². The molecule has 0 aromatic heterocycles. The maximum Gasteiger partial charge on any atom is 0.226 e. The van der Waals surface area contributed by atoms with E-state index in [9.17, 15) is 9.90 Å². The van der Waals surface area contributed by atoms with Gasteiger partial charge in [0.15, 0.2) is 0 Å². The molecule has 4 fully saturated rings. The van der Waals surface area contributed by atoms with Crippen LogP contribution >= 0.6 is 0 Å². The Hall–Kier alpha value is -0.610. The zero-order valence-corrected chi connectivity index (χ0v) is 10.9. The molecule has 1 saturated heterocycles. The van der Waals surface area contributed by atoms with E-state index in [0.717, 1.165) is 18.4 Å². The van der Waals surface area contributed by atoms with Gasteiger partial charge in [-0.1, -0.05) is 0 Å². The van der Waals surface area contributed by atoms with Crippen molar-refractivity contribution in [1.29, 1.82) is 0 Å². The van der Waals surface area contributed by atoms with E-state index < -0.39 is 6.10 Å². The first kappa shape index (κ1) is 11.2. The minimum atomic E-state index is -0.394. The van der Waals surface area contributed by atoms with Crippen LogP contribution in [-0.2, 0) is 4.79 Å². The fourth-order valence-corrected chi connectivity index (χ4v) is 5.10. The van der Waals surface area contributed by atoms with Crippen molar-refractivity contribution in [1.82, 2.24) is 10.2 Å². The van der Waals surface area contributed by atoms with Crippen LogP contribution in [-0.4, -0.2) is 48.2 Å². The van der Waals surface area contributed by atoms with Crippen molar-refractivity contribution in [2.24, 2.45) is 29.6 Å². The largest absolute Gasteiger partial charge is 0.390 e. The summed E-state index contributed by atoms with van der Waals surface area (Å²) in [5.74, 6) is 3.68. The van der Waals surface area contributed by atoms with Crippen LogP contribution in [0.4, 0.5) is 0 Å². The first-order valence-electron chi connectivity index (χ1n) is 7.34. The normalized spacial score (nSPS) is 52.4. The summed E-state index contributed by atoms with van der Waals surface area (Å²) < 4.78 is 0. The molecule has 3 aliphatic carbocycles. The van der Waals surface area contributed by atoms with Gasteiger partial charge in [0.1, 0.15) is 0 Å². The minimum absolute atomic E-state index is 0.0171. The third kappa shape index (κ3) is 1.36. The van der Waals surface area contributed by atoms with Gasteiger partial charge in [-0.3, -0.25) is 4.79 Å². The number of β-amino-alcohol motifs (C(OH)–C–C–N with tert-alkyl or cyclic N) is 1. The Morgan fingerprint density at radius 2 is 1.89 bits per heavy atom. The van der Waals surface area contributed by atoms with Gasteiger partial charge in [-0.25, -0.2) is 0 Å². The van der Waals surface area contributed by atoms with Gasteiger partial charge in [-0.15, -0.1) is 0 Å². The zero-order valence-electron chi connectivity index (χ0n) is 10.9. The lowest BCUT2D eigenvalue weighted by atomic mass is 10.0. The number of likely N-dealkylation sites (N-methyl/N-ethyl adjacent to an activating group) is 1. The molecule has 1 heterocycles. The van der Waals surface area contributed by atoms with Gasteiger partial charge in [-0.2, -0.15) is 0 Å². The second kappa shape index (κ2) is 3.70. The molecule has 4 heteroatoms. The lowest BCUT2D eigenvalue weighted by Crippen LogP contribution is -2.45. The molecular formula is C14H22N2O2. The van der Waals surface area contributed by atoms with Crippen LogP contribution in [0.15, 0.2) is 0 Å². The Morgan fingerprint density at radius 1 is 1.22 bits per heavy atom. The van der Waals surface area contributed by atoms with Crippen molar-refractivity contribution >= 4 is 5.91 Å². The van der Waals surface area contributed by atoms with Gasteiger partial charge in [0, 0.05) is 26.1 Å². The third-order valence-electron chi connectivity index (χ3n) is 6.02. The molecule has 18 heavy (non-hydrogen) atoms. The summed E-state index contributed by atoms with van der Waals surface area (Å²) in [6, 6.07) is -0.0171. The summed E-state index contributed by atoms with van der Waals surface area (Å²) in [7, 11) is 1.87. The molecule has 1 aliphatic heterocycles. The highest BCUT2D eigenvalue weighted by molar-refractivity contribution is 5.83. The predicted octanol–water partition coefficient (Wildman–Crippen LogP) is 0.0696. The van der Waals surface area contributed by atoms with E-state index >= 15 is 0 Å². The summed E-state index contributed by atoms with van der Waals surface area (Å²) in [4.78, 5) is 14.4. The van der Waals surface area contributed by atoms with E-state index in [2.05, 4.69) is 5.32 Å². The van der Waals surface area contributed by atoms with Crippen LogP contribution in [0.25, 0.3) is 0 Å². The van der Waals surface area contributed by atoms with E-state index in [-0.39, 0.29) is 6.04 Å². The van der Waals surface area contributed by atoms with E-state index in [1.807, 2.05) is 11.9 Å². The smallest absolute Gasteiger partial charge is 0.226 e. The first-order chi connectivity index (χ1) is 8.68. The average Bonchev–Trinajstić information content (AvgIpc) is 2.72. The lowest BCUT2D eigenvalue weighted by molar-refractivity contribution is -0.135. The quantitative estimate of drug-likeness (QED) is 0.729. The van der Waals surface area contributed by atoms with Gasteiger partial charge >= 0.3 is 0 Å². The Balaban J connectivity index is 1.45. The first-order valence-corrected chi connectivity index (χ1v) is 7.34. The van der Waals surface area contributed by atoms with Gasteiger partial charge < -0.3 is 15.3 Å². The van der Waals surface area contributed by atoms with Crippen molar-refractivity contribution in [3.8, 4) is 0 Å². The van der Waals surface area contributed by atoms with Crippen LogP contribution < -0.4 is 5.32 Å². The summed E-state index contributed by atoms with van der Waals surface area (Å²) in [6.07, 6.45) is 3.70. The Kier molecular flexibility index (Phi) is 2.31. The van der Waals surface area contributed by atoms with Crippen LogP contribution in [0, 0.1) is 29.6 Å². The van der Waals surface area contributed by atoms with Crippen molar-refractivity contribution in [3.05, 3.63) is 0 Å². The number of hydrogen-bond donors (Lipinski definition) is 2. The fraction of sp³-hybridized carbons (Fsp3) is 0.929. The summed E-state index contributed by atoms with van der Waals surface area (Å²) in [5, 5.41) is 13.0. The molecule has 4 unspecified atom stereocenters. The number of nitrogens with zero attached hydrogens (tertiary/aromatic N) is 1. The highest BCUT2D eigenvalue weighted by Gasteiger charge is 2.68. The topological polar surface area (TPSA) is 52.6 Å². The monoisotopic (exact) mass is 250 g/mol. The number of carbonyl (C=O) groups excluding carboxylic acids is 1. The predicted molar refractivity (Wildman–Crippen MR) is 66.7 cm³/mol. The Morgan fingerprint density at radius 3 is 2.44 bits per heavy atom. The number of fused-ring (bicyclic) bond motifs is 5. The molecule has 2 N–H and O–H groups in total. The second-order valence-corrected chi connectivity index (χ2v) is 6.76. The van der Waals surface area contributed by atoms with E-state index in [0.29, 0.717) is 30.2 Å². The number of carbonyl (C=O) groups is 1. The van der Waals surface area contributed by atoms with E-state index in [1.165, 1.54) is 19.3 Å². The van der Waals surface area contributed by atoms with Crippen molar-refractivity contribution in [2.75, 3.05) is 20.1 Å². The van der Waals surface area contributed by atoms with Gasteiger partial charge in [0.2, 0.25) is 5.91 Å². The number of rotatable bonds is 2. The molecule has 0 aromatic rings. The molecule has 6 atom stereocenters. The number of aliphatic hydroxyl groups is 1. The van der Waals surface area contributed by atoms with Crippen molar-refractivity contribution in [2.45, 2.75) is 31.4 Å². The van der Waals surface area contributed by atoms with Gasteiger partial charge in [0.25, 0.3) is 0 Å². The van der Waals surface area contributed by atoms with Crippen molar-refractivity contribution < 1.29 is 9.90 Å². The summed E-state index contributed by atoms with van der Waals surface area (Å²) in [5.41, 5.74) is 0. The molecule has 3 saturated carbocycles. The molecule has 0 aromatic carbocycles. The molecule has 2 bridgehead atoms. The van der Waals surface area contributed by atoms with E-state index in [4.69, 9.17) is 0 Å². The lowest BCUT2D eigenvalue weighted by Gasteiger charge is -2.27. The van der Waals surface area contributed by atoms with Crippen molar-refractivity contribution in [3.63, 3.8) is 0 Å². The number of amides is 1. The fourth-order valence-electron chi connectivity index (χ4n) is 5.10. The standard InChI is InChI=1S/C14H22N2O2/c1-16(9-5-15-6-10(9)17)14(18)13-11-7-2-3-8(4-7)12(11)13/h7-13,15,17H,2-6H2,1H3/t7?,8?,9-,10-,11?,12?,13?/m0/s1. The Labute approximate surface area is 108 Å². The molecule has 0 radical (unpaired) electrons. The number of aliphatic hydroxyl groups excluding tert-OH is 1. The van der Waals surface area contributed by atoms with Gasteiger partial charge in [0.05, 0.1) is 12.1 Å². The SMILES string of the molecule is CN(C(=O)C1C2C3CCC(C3)C12)[C@H]1CNC[C@@H]1O. The average molecular weight is 250 g/mol. The maximum atomic E-state index is 12.6. The highest BCUT2D eigenvalue weighted by Crippen LogP contribution is 2.69. The third-order valence-corrected chi connectivity index (χ3v) is 6.02. The molecule has 0 spiro atoms. The Bertz CT molecular complexity index is 366. The zero-order chi connectivity index (χ0) is 12.4. The molecular weight excluding hydrogens is 228 g/mol. The maximum absolute atomic E-state index is 12.6. The molecule has 1 amide bonds. The van der Waals surface area contributed by atoms with Crippen LogP contribution in [0.3, 0.4) is 0 Å². The molecule has 4 aliphatic rings. The van der Waals surface area contributed by atoms with Crippen LogP contribution in [0.2, 0.25) is 0 Å². The number of nitrogens with one attached hydrogen (secondary N) is 1. The summed E-state index contributed by atoms with van der Waals surface area (Å²) in [6.45, 7) is 1.35. The van der Waals surface area contributed by atoms with Crippen LogP contribution in [0.1, 0.15) is 19.3 Å². The number of hydrogen-bond acceptors (Lipinski definition) is 3. The second-order valence-electron chi connectivity index (χ2n) is 6.76. The summed E-state index contributed by atoms with van der Waals surface area (Å²) >= 11 is 0. The molecule has 4 nitrogen and oxygen atoms in total. The highest BCUT2D eigenvalue weighted by atomic mass is 16.3. The molecule has 4 rings (SSSR count). The van der Waals surface area contributed by atoms with E-state index in [1.54, 1.807) is 0 Å². The van der Waals surface area contributed by atoms with Gasteiger partial charge in [-0.05, 0) is 42.9 Å².